The maximum Gasteiger partial charge on any atom is 0.303 e. The van der Waals surface area contributed by atoms with Crippen molar-refractivity contribution in [1.82, 2.24) is 10.3 Å². The maximum atomic E-state index is 10.3. The van der Waals surface area contributed by atoms with Gasteiger partial charge in [0, 0.05) is 30.3 Å². The highest BCUT2D eigenvalue weighted by Crippen LogP contribution is 2.19. The summed E-state index contributed by atoms with van der Waals surface area (Å²) in [6.07, 6.45) is 3.85. The zero-order valence-corrected chi connectivity index (χ0v) is 10.6. The number of H-pyrrole nitrogens is 1. The van der Waals surface area contributed by atoms with E-state index in [-0.39, 0.29) is 11.8 Å². The molecule has 0 atom stereocenters. The highest BCUT2D eigenvalue weighted by atomic mass is 16.4. The third-order valence-electron chi connectivity index (χ3n) is 2.89. The second-order valence-corrected chi connectivity index (χ2v) is 5.00. The van der Waals surface area contributed by atoms with E-state index in [1.165, 1.54) is 5.69 Å². The third-order valence-corrected chi connectivity index (χ3v) is 2.89. The van der Waals surface area contributed by atoms with E-state index in [0.717, 1.165) is 25.9 Å². The van der Waals surface area contributed by atoms with Crippen LogP contribution in [0, 0.1) is 0 Å². The lowest BCUT2D eigenvalue weighted by atomic mass is 9.89. The van der Waals surface area contributed by atoms with Gasteiger partial charge in [-0.15, -0.1) is 0 Å². The Kier molecular flexibility index (Phi) is 5.22. The summed E-state index contributed by atoms with van der Waals surface area (Å²) in [7, 11) is 0. The van der Waals surface area contributed by atoms with Crippen molar-refractivity contribution in [3.63, 3.8) is 0 Å². The van der Waals surface area contributed by atoms with Crippen molar-refractivity contribution in [2.75, 3.05) is 13.1 Å². The summed E-state index contributed by atoms with van der Waals surface area (Å²) in [6.45, 7) is 6.13. The summed E-state index contributed by atoms with van der Waals surface area (Å²) in [5, 5.41) is 11.9. The van der Waals surface area contributed by atoms with E-state index < -0.39 is 5.97 Å². The first-order chi connectivity index (χ1) is 8.02. The Hall–Kier alpha value is -1.29. The van der Waals surface area contributed by atoms with E-state index in [1.54, 1.807) is 0 Å². The van der Waals surface area contributed by atoms with Crippen molar-refractivity contribution in [2.24, 2.45) is 0 Å². The Bertz CT molecular complexity index is 331. The Morgan fingerprint density at radius 2 is 2.24 bits per heavy atom. The number of hydrogen-bond donors (Lipinski definition) is 3. The summed E-state index contributed by atoms with van der Waals surface area (Å²) >= 11 is 0. The van der Waals surface area contributed by atoms with Gasteiger partial charge in [-0.2, -0.15) is 0 Å². The Morgan fingerprint density at radius 1 is 1.47 bits per heavy atom. The van der Waals surface area contributed by atoms with E-state index in [4.69, 9.17) is 5.11 Å². The first kappa shape index (κ1) is 13.8. The molecule has 1 aromatic rings. The second-order valence-electron chi connectivity index (χ2n) is 5.00. The van der Waals surface area contributed by atoms with Crippen LogP contribution in [0.4, 0.5) is 0 Å². The topological polar surface area (TPSA) is 65.1 Å². The molecular formula is C13H22N2O2. The van der Waals surface area contributed by atoms with Crippen LogP contribution in [0.15, 0.2) is 18.3 Å². The van der Waals surface area contributed by atoms with Crippen LogP contribution in [0.1, 0.15) is 38.8 Å². The minimum absolute atomic E-state index is 0.0797. The van der Waals surface area contributed by atoms with Crippen molar-refractivity contribution in [3.8, 4) is 0 Å². The van der Waals surface area contributed by atoms with Gasteiger partial charge in [0.05, 0.1) is 0 Å². The summed E-state index contributed by atoms with van der Waals surface area (Å²) in [4.78, 5) is 13.5. The fourth-order valence-corrected chi connectivity index (χ4v) is 1.77. The van der Waals surface area contributed by atoms with Crippen LogP contribution in [0.5, 0.6) is 0 Å². The van der Waals surface area contributed by atoms with Gasteiger partial charge >= 0.3 is 5.97 Å². The van der Waals surface area contributed by atoms with Crippen LogP contribution in [0.25, 0.3) is 0 Å². The number of aromatic nitrogens is 1. The Labute approximate surface area is 102 Å². The number of carboxylic acids is 1. The van der Waals surface area contributed by atoms with E-state index in [0.29, 0.717) is 0 Å². The average molecular weight is 238 g/mol. The lowest BCUT2D eigenvalue weighted by Gasteiger charge is -2.24. The smallest absolute Gasteiger partial charge is 0.303 e. The molecule has 1 rings (SSSR count). The van der Waals surface area contributed by atoms with Gasteiger partial charge in [-0.3, -0.25) is 4.79 Å². The fourth-order valence-electron chi connectivity index (χ4n) is 1.77. The van der Waals surface area contributed by atoms with Crippen LogP contribution >= 0.6 is 0 Å². The number of carboxylic acid groups (broad SMARTS) is 1. The Balaban J connectivity index is 2.16. The normalized spacial score (nSPS) is 11.6. The maximum absolute atomic E-state index is 10.3. The van der Waals surface area contributed by atoms with E-state index >= 15 is 0 Å². The third kappa shape index (κ3) is 5.04. The highest BCUT2D eigenvalue weighted by Gasteiger charge is 2.20. The molecule has 0 fully saturated rings. The molecule has 3 N–H and O–H groups in total. The number of rotatable bonds is 8. The zero-order valence-electron chi connectivity index (χ0n) is 10.6. The molecule has 0 unspecified atom stereocenters. The van der Waals surface area contributed by atoms with E-state index in [2.05, 4.69) is 30.2 Å². The van der Waals surface area contributed by atoms with E-state index in [1.807, 2.05) is 12.3 Å². The number of nitrogens with one attached hydrogen (secondary N) is 2. The summed E-state index contributed by atoms with van der Waals surface area (Å²) < 4.78 is 0. The van der Waals surface area contributed by atoms with Gasteiger partial charge in [0.2, 0.25) is 0 Å². The standard InChI is InChI=1S/C13H22N2O2/c1-13(2,11-6-5-9-15-11)10-14-8-4-3-7-12(16)17/h5-6,9,14-15H,3-4,7-8,10H2,1-2H3,(H,16,17). The molecule has 0 saturated heterocycles. The molecular weight excluding hydrogens is 216 g/mol. The summed E-state index contributed by atoms with van der Waals surface area (Å²) in [5.41, 5.74) is 1.30. The monoisotopic (exact) mass is 238 g/mol. The molecule has 0 aliphatic rings. The second kappa shape index (κ2) is 6.45. The molecule has 1 heterocycles. The van der Waals surface area contributed by atoms with Gasteiger partial charge in [0.25, 0.3) is 0 Å². The lowest BCUT2D eigenvalue weighted by Crippen LogP contribution is -2.33. The number of unbranched alkanes of at least 4 members (excludes halogenated alkanes) is 1. The van der Waals surface area contributed by atoms with Crippen LogP contribution < -0.4 is 5.32 Å². The molecule has 96 valence electrons. The van der Waals surface area contributed by atoms with Gasteiger partial charge in [-0.1, -0.05) is 13.8 Å². The zero-order chi connectivity index (χ0) is 12.7. The Morgan fingerprint density at radius 3 is 2.82 bits per heavy atom. The van der Waals surface area contributed by atoms with E-state index in [9.17, 15) is 4.79 Å². The molecule has 0 amide bonds. The first-order valence-corrected chi connectivity index (χ1v) is 6.09. The predicted octanol–water partition coefficient (Wildman–Crippen LogP) is 2.14. The van der Waals surface area contributed by atoms with Crippen LogP contribution in [-0.4, -0.2) is 29.1 Å². The van der Waals surface area contributed by atoms with Gasteiger partial charge in [0.15, 0.2) is 0 Å². The van der Waals surface area contributed by atoms with Crippen LogP contribution in [0.2, 0.25) is 0 Å². The van der Waals surface area contributed by atoms with Crippen molar-refractivity contribution in [2.45, 2.75) is 38.5 Å². The molecule has 1 aromatic heterocycles. The highest BCUT2D eigenvalue weighted by molar-refractivity contribution is 5.66. The van der Waals surface area contributed by atoms with Crippen molar-refractivity contribution in [3.05, 3.63) is 24.0 Å². The largest absolute Gasteiger partial charge is 0.481 e. The first-order valence-electron chi connectivity index (χ1n) is 6.09. The number of aromatic amines is 1. The van der Waals surface area contributed by atoms with Crippen molar-refractivity contribution >= 4 is 5.97 Å². The van der Waals surface area contributed by atoms with Crippen molar-refractivity contribution < 1.29 is 9.90 Å². The number of aliphatic carboxylic acids is 1. The van der Waals surface area contributed by atoms with Gasteiger partial charge in [0.1, 0.15) is 0 Å². The quantitative estimate of drug-likeness (QED) is 0.608. The molecule has 0 bridgehead atoms. The molecule has 0 radical (unpaired) electrons. The number of carbonyl (C=O) groups is 1. The lowest BCUT2D eigenvalue weighted by molar-refractivity contribution is -0.137. The molecule has 0 aromatic carbocycles. The summed E-state index contributed by atoms with van der Waals surface area (Å²) in [6, 6.07) is 4.09. The van der Waals surface area contributed by atoms with Crippen LogP contribution in [0.3, 0.4) is 0 Å². The number of hydrogen-bond acceptors (Lipinski definition) is 2. The van der Waals surface area contributed by atoms with Gasteiger partial charge in [-0.05, 0) is 31.5 Å². The fraction of sp³-hybridized carbons (Fsp3) is 0.615. The molecule has 0 saturated carbocycles. The van der Waals surface area contributed by atoms with Gasteiger partial charge < -0.3 is 15.4 Å². The molecule has 17 heavy (non-hydrogen) atoms. The minimum atomic E-state index is -0.711. The predicted molar refractivity (Wildman–Crippen MR) is 68.2 cm³/mol. The molecule has 0 aliphatic carbocycles. The molecule has 0 spiro atoms. The average Bonchev–Trinajstić information content (AvgIpc) is 2.76. The minimum Gasteiger partial charge on any atom is -0.481 e. The SMILES string of the molecule is CC(C)(CNCCCCC(=O)O)c1ccc[nH]1. The van der Waals surface area contributed by atoms with Gasteiger partial charge in [-0.25, -0.2) is 0 Å². The van der Waals surface area contributed by atoms with Crippen LogP contribution in [-0.2, 0) is 10.2 Å². The van der Waals surface area contributed by atoms with Crippen molar-refractivity contribution in [1.29, 1.82) is 0 Å². The molecule has 4 heteroatoms. The molecule has 4 nitrogen and oxygen atoms in total. The summed E-state index contributed by atoms with van der Waals surface area (Å²) in [5.74, 6) is -0.711. The molecule has 0 aliphatic heterocycles.